The van der Waals surface area contributed by atoms with Gasteiger partial charge < -0.3 is 11.1 Å². The standard InChI is InChI=1S/C16H21N3OS/c1-11(2)8-13(10-17)15(20)19-14-5-3-4-12(9-14)16-18-6-7-21-16/h3-7,9,11,13H,8,10,17H2,1-2H3,(H,19,20). The second-order valence-electron chi connectivity index (χ2n) is 5.47. The molecule has 0 aliphatic rings. The van der Waals surface area contributed by atoms with Gasteiger partial charge in [0.15, 0.2) is 0 Å². The minimum absolute atomic E-state index is 0.0116. The van der Waals surface area contributed by atoms with Crippen molar-refractivity contribution in [3.8, 4) is 10.6 Å². The molecule has 1 aromatic carbocycles. The molecule has 0 saturated carbocycles. The van der Waals surface area contributed by atoms with Crippen molar-refractivity contribution in [2.45, 2.75) is 20.3 Å². The highest BCUT2D eigenvalue weighted by molar-refractivity contribution is 7.13. The van der Waals surface area contributed by atoms with Gasteiger partial charge in [-0.05, 0) is 24.5 Å². The molecule has 0 saturated heterocycles. The lowest BCUT2D eigenvalue weighted by atomic mass is 9.96. The summed E-state index contributed by atoms with van der Waals surface area (Å²) in [5, 5.41) is 5.84. The first-order valence-electron chi connectivity index (χ1n) is 7.11. The number of nitrogens with one attached hydrogen (secondary N) is 1. The summed E-state index contributed by atoms with van der Waals surface area (Å²) in [6.07, 6.45) is 2.58. The van der Waals surface area contributed by atoms with E-state index < -0.39 is 0 Å². The maximum Gasteiger partial charge on any atom is 0.228 e. The van der Waals surface area contributed by atoms with Gasteiger partial charge in [-0.2, -0.15) is 0 Å². The third-order valence-corrected chi connectivity index (χ3v) is 4.04. The summed E-state index contributed by atoms with van der Waals surface area (Å²) in [4.78, 5) is 16.6. The molecule has 3 N–H and O–H groups in total. The number of nitrogens with two attached hydrogens (primary N) is 1. The summed E-state index contributed by atoms with van der Waals surface area (Å²) in [6, 6.07) is 7.74. The van der Waals surface area contributed by atoms with Crippen molar-refractivity contribution in [1.82, 2.24) is 4.98 Å². The molecule has 2 rings (SSSR count). The van der Waals surface area contributed by atoms with Gasteiger partial charge in [-0.1, -0.05) is 26.0 Å². The lowest BCUT2D eigenvalue weighted by Gasteiger charge is -2.17. The van der Waals surface area contributed by atoms with Crippen LogP contribution in [0.5, 0.6) is 0 Å². The Labute approximate surface area is 129 Å². The second-order valence-corrected chi connectivity index (χ2v) is 6.36. The Morgan fingerprint density at radius 1 is 1.43 bits per heavy atom. The number of aromatic nitrogens is 1. The largest absolute Gasteiger partial charge is 0.330 e. The minimum Gasteiger partial charge on any atom is -0.330 e. The van der Waals surface area contributed by atoms with Crippen molar-refractivity contribution in [2.24, 2.45) is 17.6 Å². The van der Waals surface area contributed by atoms with Crippen LogP contribution in [0.15, 0.2) is 35.8 Å². The van der Waals surface area contributed by atoms with E-state index in [1.54, 1.807) is 17.5 Å². The molecule has 5 heteroatoms. The molecule has 21 heavy (non-hydrogen) atoms. The summed E-state index contributed by atoms with van der Waals surface area (Å²) in [6.45, 7) is 4.56. The van der Waals surface area contributed by atoms with E-state index in [0.717, 1.165) is 22.7 Å². The molecule has 0 aliphatic carbocycles. The number of thiazole rings is 1. The Kier molecular flexibility index (Phi) is 5.47. The van der Waals surface area contributed by atoms with Crippen molar-refractivity contribution < 1.29 is 4.79 Å². The van der Waals surface area contributed by atoms with Crippen molar-refractivity contribution in [3.05, 3.63) is 35.8 Å². The van der Waals surface area contributed by atoms with E-state index in [2.05, 4.69) is 24.1 Å². The summed E-state index contributed by atoms with van der Waals surface area (Å²) >= 11 is 1.58. The number of amides is 1. The molecule has 1 unspecified atom stereocenters. The van der Waals surface area contributed by atoms with Gasteiger partial charge >= 0.3 is 0 Å². The maximum absolute atomic E-state index is 12.3. The van der Waals surface area contributed by atoms with E-state index in [9.17, 15) is 4.79 Å². The average molecular weight is 303 g/mol. The molecule has 1 aromatic heterocycles. The lowest BCUT2D eigenvalue weighted by molar-refractivity contribution is -0.120. The molecule has 112 valence electrons. The zero-order valence-electron chi connectivity index (χ0n) is 12.4. The number of rotatable bonds is 6. The number of nitrogens with zero attached hydrogens (tertiary/aromatic N) is 1. The zero-order chi connectivity index (χ0) is 15.2. The van der Waals surface area contributed by atoms with Crippen LogP contribution >= 0.6 is 11.3 Å². The molecule has 0 fully saturated rings. The van der Waals surface area contributed by atoms with Gasteiger partial charge in [-0.3, -0.25) is 4.79 Å². The van der Waals surface area contributed by atoms with E-state index in [0.29, 0.717) is 12.5 Å². The van der Waals surface area contributed by atoms with Crippen LogP contribution in [0.1, 0.15) is 20.3 Å². The van der Waals surface area contributed by atoms with E-state index >= 15 is 0 Å². The number of benzene rings is 1. The third-order valence-electron chi connectivity index (χ3n) is 3.22. The first-order chi connectivity index (χ1) is 10.1. The van der Waals surface area contributed by atoms with Crippen LogP contribution in [0.3, 0.4) is 0 Å². The minimum atomic E-state index is -0.145. The molecule has 4 nitrogen and oxygen atoms in total. The van der Waals surface area contributed by atoms with E-state index in [-0.39, 0.29) is 11.8 Å². The van der Waals surface area contributed by atoms with Crippen LogP contribution in [-0.2, 0) is 4.79 Å². The van der Waals surface area contributed by atoms with Gasteiger partial charge in [0.25, 0.3) is 0 Å². The van der Waals surface area contributed by atoms with Gasteiger partial charge in [-0.15, -0.1) is 11.3 Å². The monoisotopic (exact) mass is 303 g/mol. The predicted molar refractivity (Wildman–Crippen MR) is 88.2 cm³/mol. The molecule has 1 heterocycles. The van der Waals surface area contributed by atoms with Gasteiger partial charge in [-0.25, -0.2) is 4.98 Å². The Balaban J connectivity index is 2.09. The second kappa shape index (κ2) is 7.33. The summed E-state index contributed by atoms with van der Waals surface area (Å²) < 4.78 is 0. The third kappa shape index (κ3) is 4.37. The van der Waals surface area contributed by atoms with Gasteiger partial charge in [0.2, 0.25) is 5.91 Å². The van der Waals surface area contributed by atoms with E-state index in [4.69, 9.17) is 5.73 Å². The maximum atomic E-state index is 12.3. The fourth-order valence-corrected chi connectivity index (χ4v) is 2.86. The summed E-state index contributed by atoms with van der Waals surface area (Å²) in [5.74, 6) is 0.293. The van der Waals surface area contributed by atoms with Crippen LogP contribution in [0, 0.1) is 11.8 Å². The van der Waals surface area contributed by atoms with Gasteiger partial charge in [0.1, 0.15) is 5.01 Å². The van der Waals surface area contributed by atoms with Gasteiger partial charge in [0.05, 0.1) is 5.92 Å². The van der Waals surface area contributed by atoms with Crippen LogP contribution in [-0.4, -0.2) is 17.4 Å². The van der Waals surface area contributed by atoms with Crippen molar-refractivity contribution in [1.29, 1.82) is 0 Å². The van der Waals surface area contributed by atoms with Crippen molar-refractivity contribution in [2.75, 3.05) is 11.9 Å². The number of hydrogen-bond acceptors (Lipinski definition) is 4. The van der Waals surface area contributed by atoms with E-state index in [1.807, 2.05) is 29.6 Å². The highest BCUT2D eigenvalue weighted by atomic mass is 32.1. The van der Waals surface area contributed by atoms with Crippen LogP contribution < -0.4 is 11.1 Å². The topological polar surface area (TPSA) is 68.0 Å². The Morgan fingerprint density at radius 3 is 2.86 bits per heavy atom. The summed E-state index contributed by atoms with van der Waals surface area (Å²) in [5.41, 5.74) is 7.51. The number of anilines is 1. The number of hydrogen-bond donors (Lipinski definition) is 2. The van der Waals surface area contributed by atoms with E-state index in [1.165, 1.54) is 0 Å². The Bertz CT molecular complexity index is 581. The molecular weight excluding hydrogens is 282 g/mol. The predicted octanol–water partition coefficient (Wildman–Crippen LogP) is 3.37. The lowest BCUT2D eigenvalue weighted by Crippen LogP contribution is -2.30. The quantitative estimate of drug-likeness (QED) is 0.859. The normalized spacial score (nSPS) is 12.4. The first-order valence-corrected chi connectivity index (χ1v) is 7.99. The molecule has 1 atom stereocenters. The molecule has 0 spiro atoms. The smallest absolute Gasteiger partial charge is 0.228 e. The summed E-state index contributed by atoms with van der Waals surface area (Å²) in [7, 11) is 0. The molecule has 0 radical (unpaired) electrons. The highest BCUT2D eigenvalue weighted by Crippen LogP contribution is 2.24. The molecule has 2 aromatic rings. The van der Waals surface area contributed by atoms with Crippen LogP contribution in [0.25, 0.3) is 10.6 Å². The first kappa shape index (κ1) is 15.7. The van der Waals surface area contributed by atoms with Crippen molar-refractivity contribution in [3.63, 3.8) is 0 Å². The number of carbonyl (C=O) groups is 1. The van der Waals surface area contributed by atoms with Crippen molar-refractivity contribution >= 4 is 22.9 Å². The fraction of sp³-hybridized carbons (Fsp3) is 0.375. The SMILES string of the molecule is CC(C)CC(CN)C(=O)Nc1cccc(-c2nccs2)c1. The Hall–Kier alpha value is -1.72. The highest BCUT2D eigenvalue weighted by Gasteiger charge is 2.18. The fourth-order valence-electron chi connectivity index (χ4n) is 2.22. The van der Waals surface area contributed by atoms with Gasteiger partial charge in [0, 0.05) is 29.4 Å². The Morgan fingerprint density at radius 2 is 2.24 bits per heavy atom. The average Bonchev–Trinajstić information content (AvgIpc) is 2.99. The number of carbonyl (C=O) groups excluding carboxylic acids is 1. The van der Waals surface area contributed by atoms with Crippen LogP contribution in [0.4, 0.5) is 5.69 Å². The zero-order valence-corrected chi connectivity index (χ0v) is 13.2. The molecule has 0 bridgehead atoms. The molecule has 0 aliphatic heterocycles. The molecular formula is C16H21N3OS. The molecule has 1 amide bonds. The van der Waals surface area contributed by atoms with Crippen LogP contribution in [0.2, 0.25) is 0 Å².